The first-order valence-electron chi connectivity index (χ1n) is 11.1. The minimum Gasteiger partial charge on any atom is -0.493 e. The summed E-state index contributed by atoms with van der Waals surface area (Å²) >= 11 is 0. The fourth-order valence-electron chi connectivity index (χ4n) is 3.27. The van der Waals surface area contributed by atoms with Gasteiger partial charge in [0.2, 0.25) is 5.91 Å². The number of anilines is 1. The molecular weight excluding hydrogens is 404 g/mol. The molecule has 2 rings (SSSR count). The van der Waals surface area contributed by atoms with Gasteiger partial charge in [0.15, 0.2) is 0 Å². The molecule has 0 radical (unpaired) electrons. The molecule has 0 heterocycles. The maximum absolute atomic E-state index is 13.0. The van der Waals surface area contributed by atoms with Gasteiger partial charge in [-0.3, -0.25) is 9.59 Å². The Hall–Kier alpha value is -2.86. The molecule has 0 unspecified atom stereocenters. The van der Waals surface area contributed by atoms with E-state index in [4.69, 9.17) is 9.47 Å². The lowest BCUT2D eigenvalue weighted by Crippen LogP contribution is -2.32. The van der Waals surface area contributed by atoms with Crippen molar-refractivity contribution in [3.8, 4) is 5.75 Å². The van der Waals surface area contributed by atoms with Crippen LogP contribution in [0.5, 0.6) is 5.75 Å². The first-order chi connectivity index (χ1) is 15.2. The Morgan fingerprint density at radius 1 is 1.00 bits per heavy atom. The van der Waals surface area contributed by atoms with E-state index < -0.39 is 5.41 Å². The lowest BCUT2D eigenvalue weighted by molar-refractivity contribution is -0.124. The van der Waals surface area contributed by atoms with Crippen LogP contribution in [0.15, 0.2) is 42.5 Å². The van der Waals surface area contributed by atoms with Crippen LogP contribution in [-0.2, 0) is 9.53 Å². The van der Waals surface area contributed by atoms with E-state index in [1.54, 1.807) is 25.3 Å². The molecule has 0 aliphatic rings. The van der Waals surface area contributed by atoms with Gasteiger partial charge in [0.1, 0.15) is 5.75 Å². The van der Waals surface area contributed by atoms with E-state index >= 15 is 0 Å². The van der Waals surface area contributed by atoms with E-state index in [1.807, 2.05) is 45.9 Å². The van der Waals surface area contributed by atoms with Crippen molar-refractivity contribution in [1.82, 2.24) is 5.32 Å². The molecule has 0 fully saturated rings. The fraction of sp³-hybridized carbons (Fsp3) is 0.462. The molecule has 0 saturated heterocycles. The number of carbonyl (C=O) groups excluding carboxylic acids is 2. The van der Waals surface area contributed by atoms with Crippen LogP contribution in [0.1, 0.15) is 54.6 Å². The molecule has 2 aromatic rings. The van der Waals surface area contributed by atoms with Crippen molar-refractivity contribution >= 4 is 17.5 Å². The third kappa shape index (κ3) is 7.68. The Kier molecular flexibility index (Phi) is 9.72. The average Bonchev–Trinajstić information content (AvgIpc) is 2.76. The lowest BCUT2D eigenvalue weighted by Gasteiger charge is -2.24. The molecule has 0 aliphatic heterocycles. The molecule has 32 heavy (non-hydrogen) atoms. The summed E-state index contributed by atoms with van der Waals surface area (Å²) in [6.45, 7) is 9.53. The summed E-state index contributed by atoms with van der Waals surface area (Å²) in [6.07, 6.45) is 2.14. The number of rotatable bonds is 12. The van der Waals surface area contributed by atoms with Gasteiger partial charge in [-0.1, -0.05) is 38.1 Å². The zero-order valence-corrected chi connectivity index (χ0v) is 19.9. The Morgan fingerprint density at radius 3 is 2.50 bits per heavy atom. The maximum atomic E-state index is 13.0. The Labute approximate surface area is 191 Å². The summed E-state index contributed by atoms with van der Waals surface area (Å²) < 4.78 is 10.9. The van der Waals surface area contributed by atoms with E-state index in [-0.39, 0.29) is 11.8 Å². The summed E-state index contributed by atoms with van der Waals surface area (Å²) in [7, 11) is 1.63. The predicted octanol–water partition coefficient (Wildman–Crippen LogP) is 4.89. The molecule has 0 spiro atoms. The number of ether oxygens (including phenoxy) is 2. The highest BCUT2D eigenvalue weighted by Gasteiger charge is 2.28. The van der Waals surface area contributed by atoms with Crippen molar-refractivity contribution < 1.29 is 19.1 Å². The summed E-state index contributed by atoms with van der Waals surface area (Å²) in [5.74, 6) is 0.554. The van der Waals surface area contributed by atoms with E-state index in [2.05, 4.69) is 16.7 Å². The minimum atomic E-state index is -0.604. The van der Waals surface area contributed by atoms with Gasteiger partial charge in [-0.05, 0) is 62.4 Å². The smallest absolute Gasteiger partial charge is 0.253 e. The number of para-hydroxylation sites is 1. The standard InChI is InChI=1S/C26H36N2O4/c1-19-12-13-20(2)23(18-19)32-17-8-14-26(3,4)25(30)28-22-11-7-6-10-21(22)24(29)27-15-9-16-31-5/h6-7,10-13,18H,8-9,14-17H2,1-5H3,(H,27,29)(H,28,30). The number of methoxy groups -OCH3 is 1. The zero-order chi connectivity index (χ0) is 23.6. The van der Waals surface area contributed by atoms with Gasteiger partial charge in [-0.25, -0.2) is 0 Å². The van der Waals surface area contributed by atoms with Crippen molar-refractivity contribution in [2.24, 2.45) is 5.41 Å². The molecule has 0 saturated carbocycles. The maximum Gasteiger partial charge on any atom is 0.253 e. The van der Waals surface area contributed by atoms with Gasteiger partial charge in [0.05, 0.1) is 17.9 Å². The van der Waals surface area contributed by atoms with Gasteiger partial charge in [-0.15, -0.1) is 0 Å². The van der Waals surface area contributed by atoms with E-state index in [0.29, 0.717) is 37.4 Å². The van der Waals surface area contributed by atoms with Crippen LogP contribution >= 0.6 is 0 Å². The Balaban J connectivity index is 1.90. The topological polar surface area (TPSA) is 76.7 Å². The molecule has 174 valence electrons. The molecule has 0 atom stereocenters. The van der Waals surface area contributed by atoms with E-state index in [0.717, 1.165) is 29.7 Å². The molecule has 6 heteroatoms. The number of hydrogen-bond donors (Lipinski definition) is 2. The molecule has 0 bridgehead atoms. The summed E-state index contributed by atoms with van der Waals surface area (Å²) in [4.78, 5) is 25.5. The van der Waals surface area contributed by atoms with Crippen molar-refractivity contribution in [3.05, 3.63) is 59.2 Å². The van der Waals surface area contributed by atoms with Crippen LogP contribution in [0.4, 0.5) is 5.69 Å². The second-order valence-corrected chi connectivity index (χ2v) is 8.71. The lowest BCUT2D eigenvalue weighted by atomic mass is 9.86. The quantitative estimate of drug-likeness (QED) is 0.461. The number of amides is 2. The molecule has 6 nitrogen and oxygen atoms in total. The second kappa shape index (κ2) is 12.2. The predicted molar refractivity (Wildman–Crippen MR) is 128 cm³/mol. The number of benzene rings is 2. The summed E-state index contributed by atoms with van der Waals surface area (Å²) in [5, 5.41) is 5.81. The summed E-state index contributed by atoms with van der Waals surface area (Å²) in [5.41, 5.74) is 2.62. The van der Waals surface area contributed by atoms with Crippen LogP contribution < -0.4 is 15.4 Å². The van der Waals surface area contributed by atoms with E-state index in [1.165, 1.54) is 0 Å². The van der Waals surface area contributed by atoms with Crippen LogP contribution in [-0.4, -0.2) is 38.7 Å². The van der Waals surface area contributed by atoms with Crippen LogP contribution in [0.2, 0.25) is 0 Å². The number of carbonyl (C=O) groups is 2. The van der Waals surface area contributed by atoms with Gasteiger partial charge in [-0.2, -0.15) is 0 Å². The molecule has 2 aromatic carbocycles. The third-order valence-electron chi connectivity index (χ3n) is 5.39. The van der Waals surface area contributed by atoms with Gasteiger partial charge >= 0.3 is 0 Å². The van der Waals surface area contributed by atoms with Crippen molar-refractivity contribution in [1.29, 1.82) is 0 Å². The van der Waals surface area contributed by atoms with Crippen molar-refractivity contribution in [3.63, 3.8) is 0 Å². The highest BCUT2D eigenvalue weighted by Crippen LogP contribution is 2.27. The SMILES string of the molecule is COCCCNC(=O)c1ccccc1NC(=O)C(C)(C)CCCOc1cc(C)ccc1C. The highest BCUT2D eigenvalue weighted by molar-refractivity contribution is 6.04. The van der Waals surface area contributed by atoms with E-state index in [9.17, 15) is 9.59 Å². The Bertz CT molecular complexity index is 908. The normalized spacial score (nSPS) is 11.2. The molecule has 0 aliphatic carbocycles. The fourth-order valence-corrected chi connectivity index (χ4v) is 3.27. The zero-order valence-electron chi connectivity index (χ0n) is 19.9. The monoisotopic (exact) mass is 440 g/mol. The second-order valence-electron chi connectivity index (χ2n) is 8.71. The minimum absolute atomic E-state index is 0.121. The van der Waals surface area contributed by atoms with Crippen LogP contribution in [0.3, 0.4) is 0 Å². The van der Waals surface area contributed by atoms with Crippen molar-refractivity contribution in [2.45, 2.75) is 47.0 Å². The number of nitrogens with one attached hydrogen (secondary N) is 2. The van der Waals surface area contributed by atoms with Gasteiger partial charge in [0.25, 0.3) is 5.91 Å². The third-order valence-corrected chi connectivity index (χ3v) is 5.39. The van der Waals surface area contributed by atoms with Crippen LogP contribution in [0, 0.1) is 19.3 Å². The first-order valence-corrected chi connectivity index (χ1v) is 11.1. The average molecular weight is 441 g/mol. The first kappa shape index (κ1) is 25.4. The number of hydrogen-bond acceptors (Lipinski definition) is 4. The largest absolute Gasteiger partial charge is 0.493 e. The Morgan fingerprint density at radius 2 is 1.75 bits per heavy atom. The highest BCUT2D eigenvalue weighted by atomic mass is 16.5. The van der Waals surface area contributed by atoms with Gasteiger partial charge in [0, 0.05) is 25.7 Å². The summed E-state index contributed by atoms with van der Waals surface area (Å²) in [6, 6.07) is 13.2. The molecule has 0 aromatic heterocycles. The number of aryl methyl sites for hydroxylation is 2. The van der Waals surface area contributed by atoms with Gasteiger partial charge < -0.3 is 20.1 Å². The van der Waals surface area contributed by atoms with Crippen molar-refractivity contribution in [2.75, 3.05) is 32.2 Å². The molecule has 2 N–H and O–H groups in total. The molecular formula is C26H36N2O4. The van der Waals surface area contributed by atoms with Crippen LogP contribution in [0.25, 0.3) is 0 Å². The molecule has 2 amide bonds.